The van der Waals surface area contributed by atoms with Crippen LogP contribution in [0.25, 0.3) is 10.9 Å². The summed E-state index contributed by atoms with van der Waals surface area (Å²) in [6.45, 7) is 1.83. The number of benzene rings is 2. The fourth-order valence-electron chi connectivity index (χ4n) is 2.43. The van der Waals surface area contributed by atoms with Crippen LogP contribution in [0, 0.1) is 12.7 Å². The first-order valence-electron chi connectivity index (χ1n) is 7.21. The van der Waals surface area contributed by atoms with Crippen LogP contribution in [0.2, 0.25) is 0 Å². The van der Waals surface area contributed by atoms with Crippen LogP contribution in [0.3, 0.4) is 0 Å². The molecule has 118 valence electrons. The Hall–Kier alpha value is -2.73. The molecule has 0 radical (unpaired) electrons. The zero-order valence-corrected chi connectivity index (χ0v) is 12.5. The van der Waals surface area contributed by atoms with Gasteiger partial charge in [0, 0.05) is 17.5 Å². The molecule has 3 aromatic rings. The number of halogens is 1. The number of amides is 1. The predicted octanol–water partition coefficient (Wildman–Crippen LogP) is 2.47. The minimum Gasteiger partial charge on any atom is -0.386 e. The number of aromatic nitrogens is 2. The first-order chi connectivity index (χ1) is 11.1. The SMILES string of the molecule is Cc1ccc2[nH]nc(C(=O)NCC(O)c3ccccc3F)c2c1. The maximum Gasteiger partial charge on any atom is 0.272 e. The lowest BCUT2D eigenvalue weighted by Gasteiger charge is -2.12. The molecule has 0 fully saturated rings. The Bertz CT molecular complexity index is 860. The Morgan fingerprint density at radius 2 is 2.13 bits per heavy atom. The molecule has 1 atom stereocenters. The molecule has 23 heavy (non-hydrogen) atoms. The van der Waals surface area contributed by atoms with Crippen molar-refractivity contribution >= 4 is 16.8 Å². The van der Waals surface area contributed by atoms with Gasteiger partial charge in [0.1, 0.15) is 5.82 Å². The summed E-state index contributed by atoms with van der Waals surface area (Å²) in [7, 11) is 0. The summed E-state index contributed by atoms with van der Waals surface area (Å²) < 4.78 is 13.6. The molecule has 2 aromatic carbocycles. The van der Waals surface area contributed by atoms with Crippen molar-refractivity contribution in [3.8, 4) is 0 Å². The highest BCUT2D eigenvalue weighted by molar-refractivity contribution is 6.04. The Morgan fingerprint density at radius 3 is 2.91 bits per heavy atom. The number of hydrogen-bond acceptors (Lipinski definition) is 3. The quantitative estimate of drug-likeness (QED) is 0.692. The van der Waals surface area contributed by atoms with Crippen molar-refractivity contribution in [2.75, 3.05) is 6.54 Å². The number of aliphatic hydroxyl groups excluding tert-OH is 1. The fraction of sp³-hybridized carbons (Fsp3) is 0.176. The van der Waals surface area contributed by atoms with E-state index >= 15 is 0 Å². The fourth-order valence-corrected chi connectivity index (χ4v) is 2.43. The Kier molecular flexibility index (Phi) is 4.08. The van der Waals surface area contributed by atoms with Crippen LogP contribution in [0.15, 0.2) is 42.5 Å². The summed E-state index contributed by atoms with van der Waals surface area (Å²) in [5.74, 6) is -0.924. The van der Waals surface area contributed by atoms with Crippen LogP contribution in [-0.4, -0.2) is 27.8 Å². The van der Waals surface area contributed by atoms with E-state index in [9.17, 15) is 14.3 Å². The number of rotatable bonds is 4. The van der Waals surface area contributed by atoms with Crippen molar-refractivity contribution in [1.82, 2.24) is 15.5 Å². The Morgan fingerprint density at radius 1 is 1.35 bits per heavy atom. The molecule has 6 heteroatoms. The normalized spacial score (nSPS) is 12.3. The topological polar surface area (TPSA) is 78.0 Å². The summed E-state index contributed by atoms with van der Waals surface area (Å²) >= 11 is 0. The molecule has 0 aliphatic rings. The van der Waals surface area contributed by atoms with E-state index in [-0.39, 0.29) is 17.8 Å². The molecule has 0 aliphatic carbocycles. The third kappa shape index (κ3) is 3.07. The van der Waals surface area contributed by atoms with Gasteiger partial charge in [-0.25, -0.2) is 4.39 Å². The lowest BCUT2D eigenvalue weighted by atomic mass is 10.1. The number of H-pyrrole nitrogens is 1. The van der Waals surface area contributed by atoms with Crippen molar-refractivity contribution in [3.63, 3.8) is 0 Å². The van der Waals surface area contributed by atoms with Gasteiger partial charge in [-0.3, -0.25) is 9.89 Å². The van der Waals surface area contributed by atoms with Gasteiger partial charge < -0.3 is 10.4 Å². The van der Waals surface area contributed by atoms with Gasteiger partial charge in [-0.1, -0.05) is 29.8 Å². The number of nitrogens with zero attached hydrogens (tertiary/aromatic N) is 1. The zero-order valence-electron chi connectivity index (χ0n) is 12.5. The third-order valence-electron chi connectivity index (χ3n) is 3.65. The molecule has 3 rings (SSSR count). The van der Waals surface area contributed by atoms with Gasteiger partial charge in [0.15, 0.2) is 5.69 Å². The van der Waals surface area contributed by atoms with E-state index < -0.39 is 17.8 Å². The first kappa shape index (κ1) is 15.2. The number of aromatic amines is 1. The highest BCUT2D eigenvalue weighted by Crippen LogP contribution is 2.18. The highest BCUT2D eigenvalue weighted by Gasteiger charge is 2.17. The zero-order chi connectivity index (χ0) is 16.4. The van der Waals surface area contributed by atoms with Crippen LogP contribution in [0.1, 0.15) is 27.7 Å². The number of aliphatic hydroxyl groups is 1. The molecule has 1 heterocycles. The predicted molar refractivity (Wildman–Crippen MR) is 84.5 cm³/mol. The molecule has 0 saturated carbocycles. The molecule has 0 bridgehead atoms. The van der Waals surface area contributed by atoms with E-state index in [1.165, 1.54) is 12.1 Å². The molecule has 1 amide bonds. The van der Waals surface area contributed by atoms with Gasteiger partial charge in [-0.2, -0.15) is 5.10 Å². The monoisotopic (exact) mass is 313 g/mol. The average molecular weight is 313 g/mol. The first-order valence-corrected chi connectivity index (χ1v) is 7.21. The lowest BCUT2D eigenvalue weighted by Crippen LogP contribution is -2.29. The number of carbonyl (C=O) groups excluding carboxylic acids is 1. The minimum absolute atomic E-state index is 0.0973. The molecule has 1 aromatic heterocycles. The van der Waals surface area contributed by atoms with E-state index in [1.807, 2.05) is 25.1 Å². The molecule has 5 nitrogen and oxygen atoms in total. The molecular weight excluding hydrogens is 297 g/mol. The van der Waals surface area contributed by atoms with Gasteiger partial charge in [-0.15, -0.1) is 0 Å². The van der Waals surface area contributed by atoms with Crippen LogP contribution >= 0.6 is 0 Å². The second-order valence-electron chi connectivity index (χ2n) is 5.37. The van der Waals surface area contributed by atoms with Crippen molar-refractivity contribution < 1.29 is 14.3 Å². The van der Waals surface area contributed by atoms with E-state index in [0.717, 1.165) is 11.1 Å². The Labute approximate surface area is 132 Å². The molecule has 0 saturated heterocycles. The second kappa shape index (κ2) is 6.18. The summed E-state index contributed by atoms with van der Waals surface area (Å²) in [6.07, 6.45) is -1.12. The van der Waals surface area contributed by atoms with Gasteiger partial charge in [0.25, 0.3) is 5.91 Å². The second-order valence-corrected chi connectivity index (χ2v) is 5.37. The maximum absolute atomic E-state index is 13.6. The van der Waals surface area contributed by atoms with Gasteiger partial charge in [-0.05, 0) is 25.1 Å². The molecule has 0 spiro atoms. The Balaban J connectivity index is 1.74. The number of hydrogen-bond donors (Lipinski definition) is 3. The molecular formula is C17H16FN3O2. The highest BCUT2D eigenvalue weighted by atomic mass is 19.1. The summed E-state index contributed by atoms with van der Waals surface area (Å²) in [5.41, 5.74) is 2.18. The smallest absolute Gasteiger partial charge is 0.272 e. The van der Waals surface area contributed by atoms with E-state index in [2.05, 4.69) is 15.5 Å². The van der Waals surface area contributed by atoms with Crippen LogP contribution in [0.4, 0.5) is 4.39 Å². The average Bonchev–Trinajstić information content (AvgIpc) is 2.95. The molecule has 0 aliphatic heterocycles. The van der Waals surface area contributed by atoms with Gasteiger partial charge >= 0.3 is 0 Å². The number of fused-ring (bicyclic) bond motifs is 1. The number of carbonyl (C=O) groups is 1. The third-order valence-corrected chi connectivity index (χ3v) is 3.65. The minimum atomic E-state index is -1.12. The largest absolute Gasteiger partial charge is 0.386 e. The van der Waals surface area contributed by atoms with Crippen molar-refractivity contribution in [1.29, 1.82) is 0 Å². The van der Waals surface area contributed by atoms with E-state index in [4.69, 9.17) is 0 Å². The van der Waals surface area contributed by atoms with Crippen LogP contribution in [-0.2, 0) is 0 Å². The van der Waals surface area contributed by atoms with Crippen LogP contribution < -0.4 is 5.32 Å². The van der Waals surface area contributed by atoms with Gasteiger partial charge in [0.2, 0.25) is 0 Å². The number of nitrogens with one attached hydrogen (secondary N) is 2. The van der Waals surface area contributed by atoms with Gasteiger partial charge in [0.05, 0.1) is 11.6 Å². The van der Waals surface area contributed by atoms with E-state index in [0.29, 0.717) is 5.39 Å². The lowest BCUT2D eigenvalue weighted by molar-refractivity contribution is 0.0910. The van der Waals surface area contributed by atoms with Crippen molar-refractivity contribution in [2.24, 2.45) is 0 Å². The van der Waals surface area contributed by atoms with Crippen molar-refractivity contribution in [3.05, 3.63) is 65.1 Å². The maximum atomic E-state index is 13.6. The summed E-state index contributed by atoms with van der Waals surface area (Å²) in [6, 6.07) is 11.6. The van der Waals surface area contributed by atoms with Crippen molar-refractivity contribution in [2.45, 2.75) is 13.0 Å². The number of aryl methyl sites for hydroxylation is 1. The van der Waals surface area contributed by atoms with E-state index in [1.54, 1.807) is 12.1 Å². The molecule has 3 N–H and O–H groups in total. The molecule has 1 unspecified atom stereocenters. The standard InChI is InChI=1S/C17H16FN3O2/c1-10-6-7-14-12(8-10)16(21-20-14)17(23)19-9-15(22)11-4-2-3-5-13(11)18/h2-8,15,22H,9H2,1H3,(H,19,23)(H,20,21). The van der Waals surface area contributed by atoms with Crippen LogP contribution in [0.5, 0.6) is 0 Å². The summed E-state index contributed by atoms with van der Waals surface area (Å²) in [5, 5.41) is 20.1. The summed E-state index contributed by atoms with van der Waals surface area (Å²) in [4.78, 5) is 12.3.